The monoisotopic (exact) mass is 506 g/mol. The Morgan fingerprint density at radius 1 is 1.33 bits per heavy atom. The van der Waals surface area contributed by atoms with Crippen LogP contribution in [0.4, 0.5) is 28.0 Å². The Hall–Kier alpha value is -2.09. The third-order valence-corrected chi connectivity index (χ3v) is 8.49. The lowest BCUT2D eigenvalue weighted by molar-refractivity contribution is -0.141. The number of aryl methyl sites for hydroxylation is 1. The van der Waals surface area contributed by atoms with Crippen LogP contribution >= 0.6 is 11.3 Å². The summed E-state index contributed by atoms with van der Waals surface area (Å²) < 4.78 is 71.7. The Bertz CT molecular complexity index is 1250. The van der Waals surface area contributed by atoms with Crippen molar-refractivity contribution in [1.82, 2.24) is 4.98 Å². The van der Waals surface area contributed by atoms with E-state index in [1.165, 1.54) is 19.2 Å². The van der Waals surface area contributed by atoms with E-state index in [-0.39, 0.29) is 22.5 Å². The van der Waals surface area contributed by atoms with Gasteiger partial charge < -0.3 is 10.4 Å². The molecule has 2 aromatic rings. The number of hydrogen-bond acceptors (Lipinski definition) is 5. The van der Waals surface area contributed by atoms with Crippen LogP contribution in [0, 0.1) is 5.82 Å². The van der Waals surface area contributed by atoms with E-state index in [2.05, 4.69) is 14.7 Å². The van der Waals surface area contributed by atoms with Crippen LogP contribution in [0.15, 0.2) is 14.0 Å². The molecular formula is C20H22F4N4O3S2. The Balaban J connectivity index is 1.75. The summed E-state index contributed by atoms with van der Waals surface area (Å²) >= 11 is 0.634. The summed E-state index contributed by atoms with van der Waals surface area (Å²) in [4.78, 5) is 16.5. The molecule has 2 aliphatic carbocycles. The first-order valence-corrected chi connectivity index (χ1v) is 12.6. The normalized spacial score (nSPS) is 18.1. The Morgan fingerprint density at radius 2 is 2.00 bits per heavy atom. The van der Waals surface area contributed by atoms with Gasteiger partial charge in [0, 0.05) is 22.2 Å². The van der Waals surface area contributed by atoms with E-state index in [1.54, 1.807) is 0 Å². The zero-order valence-electron chi connectivity index (χ0n) is 17.8. The molecule has 0 aromatic carbocycles. The number of carbonyl (C=O) groups is 1. The third kappa shape index (κ3) is 4.63. The lowest BCUT2D eigenvalue weighted by atomic mass is 10.00. The number of thiophene rings is 1. The number of hydrogen-bond donors (Lipinski definition) is 3. The summed E-state index contributed by atoms with van der Waals surface area (Å²) in [5, 5.41) is 19.3. The van der Waals surface area contributed by atoms with Gasteiger partial charge >= 0.3 is 12.2 Å². The second-order valence-corrected chi connectivity index (χ2v) is 11.6. The number of halogens is 4. The number of rotatable bonds is 4. The maximum Gasteiger partial charge on any atom is 0.433 e. The molecule has 180 valence electrons. The molecule has 0 radical (unpaired) electrons. The second kappa shape index (κ2) is 8.00. The molecule has 33 heavy (non-hydrogen) atoms. The third-order valence-electron chi connectivity index (χ3n) is 5.59. The Morgan fingerprint density at radius 3 is 2.55 bits per heavy atom. The number of anilines is 1. The van der Waals surface area contributed by atoms with Crippen LogP contribution < -0.4 is 10.5 Å². The van der Waals surface area contributed by atoms with E-state index in [4.69, 9.17) is 5.14 Å². The second-order valence-electron chi connectivity index (χ2n) is 8.70. The van der Waals surface area contributed by atoms with Crippen LogP contribution in [0.3, 0.4) is 0 Å². The molecule has 1 saturated carbocycles. The molecule has 0 aliphatic heterocycles. The van der Waals surface area contributed by atoms with Crippen molar-refractivity contribution in [3.05, 3.63) is 39.3 Å². The predicted molar refractivity (Wildman–Crippen MR) is 115 cm³/mol. The first-order valence-electron chi connectivity index (χ1n) is 10.2. The first kappa shape index (κ1) is 24.0. The van der Waals surface area contributed by atoms with Crippen LogP contribution in [0.1, 0.15) is 67.1 Å². The fourth-order valence-corrected chi connectivity index (χ4v) is 6.33. The van der Waals surface area contributed by atoms with Crippen LogP contribution in [-0.2, 0) is 34.5 Å². The molecule has 1 atom stereocenters. The molecule has 0 spiro atoms. The van der Waals surface area contributed by atoms with Crippen molar-refractivity contribution in [1.29, 1.82) is 0 Å². The van der Waals surface area contributed by atoms with E-state index in [1.807, 2.05) is 0 Å². The van der Waals surface area contributed by atoms with Gasteiger partial charge in [-0.25, -0.2) is 23.5 Å². The van der Waals surface area contributed by atoms with Crippen molar-refractivity contribution in [2.24, 2.45) is 9.50 Å². The number of pyridine rings is 1. The maximum absolute atomic E-state index is 14.7. The van der Waals surface area contributed by atoms with Crippen LogP contribution in [0.5, 0.6) is 0 Å². The minimum absolute atomic E-state index is 0.0138. The van der Waals surface area contributed by atoms with Gasteiger partial charge in [-0.05, 0) is 57.4 Å². The molecule has 0 saturated heterocycles. The lowest BCUT2D eigenvalue weighted by Crippen LogP contribution is -2.22. The molecule has 7 nitrogen and oxygen atoms in total. The Labute approximate surface area is 191 Å². The number of nitrogens with zero attached hydrogens (tertiary/aromatic N) is 2. The van der Waals surface area contributed by atoms with Gasteiger partial charge in [-0.15, -0.1) is 15.7 Å². The van der Waals surface area contributed by atoms with Crippen molar-refractivity contribution in [2.75, 3.05) is 5.32 Å². The number of aliphatic hydroxyl groups is 1. The van der Waals surface area contributed by atoms with Gasteiger partial charge in [0.2, 0.25) is 0 Å². The standard InChI is InChI=1S/C20H22F4N4O3S2/c1-19(2,30)11-8-32-17(14(11)21)33(25,31)28-18(29)27-15-10-4-3-5-12(10)26-16(20(22,23)24)13(15)9-6-7-9/h8-9,30H,3-7H2,1-2H3,(H3,25,26,27,28,29,31). The largest absolute Gasteiger partial charge is 0.433 e. The fraction of sp³-hybridized carbons (Fsp3) is 0.500. The van der Waals surface area contributed by atoms with Crippen molar-refractivity contribution in [3.63, 3.8) is 0 Å². The van der Waals surface area contributed by atoms with Crippen molar-refractivity contribution in [3.8, 4) is 0 Å². The number of aromatic nitrogens is 1. The molecule has 2 heterocycles. The molecule has 2 amide bonds. The fourth-order valence-electron chi connectivity index (χ4n) is 3.96. The first-order chi connectivity index (χ1) is 15.2. The summed E-state index contributed by atoms with van der Waals surface area (Å²) in [5.41, 5.74) is -2.12. The Kier molecular flexibility index (Phi) is 5.83. The minimum Gasteiger partial charge on any atom is -0.386 e. The zero-order chi connectivity index (χ0) is 24.3. The van der Waals surface area contributed by atoms with Crippen LogP contribution in [0.25, 0.3) is 0 Å². The highest BCUT2D eigenvalue weighted by Gasteiger charge is 2.43. The van der Waals surface area contributed by atoms with Gasteiger partial charge in [0.1, 0.15) is 5.69 Å². The van der Waals surface area contributed by atoms with Crippen LogP contribution in [-0.4, -0.2) is 20.3 Å². The number of nitrogens with one attached hydrogen (secondary N) is 1. The van der Waals surface area contributed by atoms with Gasteiger partial charge in [-0.2, -0.15) is 13.2 Å². The van der Waals surface area contributed by atoms with E-state index >= 15 is 0 Å². The quantitative estimate of drug-likeness (QED) is 0.515. The molecule has 4 N–H and O–H groups in total. The highest BCUT2D eigenvalue weighted by atomic mass is 32.2. The molecule has 0 bridgehead atoms. The number of fused-ring (bicyclic) bond motifs is 1. The topological polar surface area (TPSA) is 118 Å². The lowest BCUT2D eigenvalue weighted by Gasteiger charge is -2.19. The SMILES string of the molecule is CC(C)(O)c1csc(S(N)(=O)=NC(=O)Nc2c3c(nc(C(F)(F)F)c2C2CC2)CCC3)c1F. The molecular weight excluding hydrogens is 484 g/mol. The van der Waals surface area contributed by atoms with E-state index in [0.717, 1.165) is 0 Å². The highest BCUT2D eigenvalue weighted by molar-refractivity contribution is 7.93. The summed E-state index contributed by atoms with van der Waals surface area (Å²) in [6, 6.07) is -1.24. The van der Waals surface area contributed by atoms with Gasteiger partial charge in [-0.1, -0.05) is 0 Å². The number of nitrogens with two attached hydrogens (primary N) is 1. The van der Waals surface area contributed by atoms with E-state index < -0.39 is 49.4 Å². The van der Waals surface area contributed by atoms with Crippen molar-refractivity contribution >= 4 is 33.0 Å². The average Bonchev–Trinajstić information content (AvgIpc) is 3.22. The number of amides is 2. The van der Waals surface area contributed by atoms with Gasteiger partial charge in [0.15, 0.2) is 19.9 Å². The molecule has 2 aromatic heterocycles. The molecule has 1 unspecified atom stereocenters. The summed E-state index contributed by atoms with van der Waals surface area (Å²) in [5.74, 6) is -1.44. The van der Waals surface area contributed by atoms with Crippen molar-refractivity contribution in [2.45, 2.75) is 67.9 Å². The highest BCUT2D eigenvalue weighted by Crippen LogP contribution is 2.50. The summed E-state index contributed by atoms with van der Waals surface area (Å²) in [6.45, 7) is 2.65. The smallest absolute Gasteiger partial charge is 0.386 e. The summed E-state index contributed by atoms with van der Waals surface area (Å²) in [7, 11) is -4.06. The number of urea groups is 1. The molecule has 13 heteroatoms. The molecule has 2 aliphatic rings. The number of carbonyl (C=O) groups excluding carboxylic acids is 1. The van der Waals surface area contributed by atoms with E-state index in [0.29, 0.717) is 49.0 Å². The van der Waals surface area contributed by atoms with Crippen LogP contribution in [0.2, 0.25) is 0 Å². The number of alkyl halides is 3. The molecule has 1 fully saturated rings. The predicted octanol–water partition coefficient (Wildman–Crippen LogP) is 4.83. The minimum atomic E-state index is -4.71. The van der Waals surface area contributed by atoms with Gasteiger partial charge in [0.05, 0.1) is 11.3 Å². The van der Waals surface area contributed by atoms with Crippen molar-refractivity contribution < 1.29 is 31.7 Å². The van der Waals surface area contributed by atoms with Gasteiger partial charge in [0.25, 0.3) is 0 Å². The summed E-state index contributed by atoms with van der Waals surface area (Å²) in [6.07, 6.45) is -2.29. The van der Waals surface area contributed by atoms with Gasteiger partial charge in [-0.3, -0.25) is 0 Å². The zero-order valence-corrected chi connectivity index (χ0v) is 19.4. The van der Waals surface area contributed by atoms with E-state index in [9.17, 15) is 31.7 Å². The maximum atomic E-state index is 14.7. The molecule has 4 rings (SSSR count). The average molecular weight is 507 g/mol.